The summed E-state index contributed by atoms with van der Waals surface area (Å²) in [7, 11) is 1.73. The first-order valence-electron chi connectivity index (χ1n) is 8.40. The van der Waals surface area contributed by atoms with Crippen molar-refractivity contribution in [1.29, 1.82) is 0 Å². The van der Waals surface area contributed by atoms with E-state index in [1.54, 1.807) is 29.9 Å². The van der Waals surface area contributed by atoms with E-state index in [1.807, 2.05) is 55.5 Å². The summed E-state index contributed by atoms with van der Waals surface area (Å²) in [5, 5.41) is 6.23. The third-order valence-electron chi connectivity index (χ3n) is 4.29. The van der Waals surface area contributed by atoms with Crippen LogP contribution in [0.5, 0.6) is 0 Å². The van der Waals surface area contributed by atoms with Crippen LogP contribution in [0.4, 0.5) is 11.4 Å². The van der Waals surface area contributed by atoms with E-state index in [4.69, 9.17) is 0 Å². The third kappa shape index (κ3) is 3.83. The van der Waals surface area contributed by atoms with Gasteiger partial charge >= 0.3 is 0 Å². The average Bonchev–Trinajstić information content (AvgIpc) is 2.66. The molecule has 1 aromatic heterocycles. The van der Waals surface area contributed by atoms with E-state index in [1.165, 1.54) is 0 Å². The van der Waals surface area contributed by atoms with Crippen molar-refractivity contribution in [3.05, 3.63) is 93.9 Å². The minimum atomic E-state index is -0.150. The Kier molecular flexibility index (Phi) is 5.17. The Morgan fingerprint density at radius 2 is 1.69 bits per heavy atom. The van der Waals surface area contributed by atoms with E-state index in [2.05, 4.69) is 10.6 Å². The summed E-state index contributed by atoms with van der Waals surface area (Å²) in [5.74, 6) is -0.150. The van der Waals surface area contributed by atoms with E-state index >= 15 is 0 Å². The number of hydrogen-bond acceptors (Lipinski definition) is 3. The summed E-state index contributed by atoms with van der Waals surface area (Å²) in [4.78, 5) is 24.5. The van der Waals surface area contributed by atoms with Crippen molar-refractivity contribution < 1.29 is 4.79 Å². The van der Waals surface area contributed by atoms with Gasteiger partial charge < -0.3 is 15.2 Å². The molecule has 1 heterocycles. The van der Waals surface area contributed by atoms with E-state index in [9.17, 15) is 9.59 Å². The van der Waals surface area contributed by atoms with Gasteiger partial charge in [-0.05, 0) is 42.8 Å². The lowest BCUT2D eigenvalue weighted by Gasteiger charge is -2.14. The largest absolute Gasteiger partial charge is 0.380 e. The highest BCUT2D eigenvalue weighted by atomic mass is 16.1. The van der Waals surface area contributed by atoms with Gasteiger partial charge in [-0.1, -0.05) is 30.3 Å². The highest BCUT2D eigenvalue weighted by Gasteiger charge is 2.10. The van der Waals surface area contributed by atoms with Crippen LogP contribution < -0.4 is 16.2 Å². The molecule has 2 N–H and O–H groups in total. The van der Waals surface area contributed by atoms with Gasteiger partial charge in [0.25, 0.3) is 11.5 Å². The van der Waals surface area contributed by atoms with Crippen LogP contribution in [0.15, 0.2) is 71.7 Å². The van der Waals surface area contributed by atoms with Gasteiger partial charge in [-0.2, -0.15) is 0 Å². The fourth-order valence-corrected chi connectivity index (χ4v) is 2.73. The maximum absolute atomic E-state index is 12.4. The Bertz CT molecular complexity index is 978. The summed E-state index contributed by atoms with van der Waals surface area (Å²) < 4.78 is 1.56. The number of pyridine rings is 1. The van der Waals surface area contributed by atoms with Gasteiger partial charge in [0.2, 0.25) is 0 Å². The molecule has 0 atom stereocenters. The molecule has 0 aliphatic rings. The summed E-state index contributed by atoms with van der Waals surface area (Å²) in [6.07, 6.45) is 1.73. The van der Waals surface area contributed by atoms with Crippen LogP contribution in [0, 0.1) is 6.92 Å². The summed E-state index contributed by atoms with van der Waals surface area (Å²) >= 11 is 0. The second-order valence-electron chi connectivity index (χ2n) is 6.10. The molecule has 0 radical (unpaired) electrons. The van der Waals surface area contributed by atoms with Crippen LogP contribution in [0.25, 0.3) is 0 Å². The first kappa shape index (κ1) is 17.5. The van der Waals surface area contributed by atoms with Crippen LogP contribution in [-0.4, -0.2) is 10.5 Å². The second kappa shape index (κ2) is 7.70. The molecule has 0 aliphatic carbocycles. The molecule has 0 saturated heterocycles. The molecule has 0 unspecified atom stereocenters. The van der Waals surface area contributed by atoms with Gasteiger partial charge in [0.1, 0.15) is 0 Å². The van der Waals surface area contributed by atoms with Gasteiger partial charge in [0.05, 0.1) is 0 Å². The van der Waals surface area contributed by atoms with E-state index in [0.29, 0.717) is 17.7 Å². The quantitative estimate of drug-likeness (QED) is 0.742. The van der Waals surface area contributed by atoms with Gasteiger partial charge in [0.15, 0.2) is 0 Å². The molecule has 5 nitrogen and oxygen atoms in total. The van der Waals surface area contributed by atoms with Gasteiger partial charge in [-0.15, -0.1) is 0 Å². The zero-order valence-corrected chi connectivity index (χ0v) is 14.8. The fourth-order valence-electron chi connectivity index (χ4n) is 2.73. The molecule has 26 heavy (non-hydrogen) atoms. The Morgan fingerprint density at radius 3 is 2.46 bits per heavy atom. The second-order valence-corrected chi connectivity index (χ2v) is 6.10. The highest BCUT2D eigenvalue weighted by molar-refractivity contribution is 6.04. The standard InChI is InChI=1S/C21H21N3O2/c1-15-18(22-14-17-10-7-13-24(2)21(17)26)11-6-12-19(15)23-20(25)16-8-4-3-5-9-16/h3-13,22H,14H2,1-2H3,(H,23,25). The zero-order chi connectivity index (χ0) is 18.5. The molecule has 1 amide bonds. The summed E-state index contributed by atoms with van der Waals surface area (Å²) in [5.41, 5.74) is 3.81. The molecule has 0 bridgehead atoms. The number of aryl methyl sites for hydroxylation is 1. The molecule has 3 rings (SSSR count). The first-order valence-corrected chi connectivity index (χ1v) is 8.40. The molecule has 2 aromatic carbocycles. The third-order valence-corrected chi connectivity index (χ3v) is 4.29. The van der Waals surface area contributed by atoms with Gasteiger partial charge in [-0.3, -0.25) is 9.59 Å². The maximum atomic E-state index is 12.4. The van der Waals surface area contributed by atoms with E-state index in [-0.39, 0.29) is 11.5 Å². The average molecular weight is 347 g/mol. The number of benzene rings is 2. The highest BCUT2D eigenvalue weighted by Crippen LogP contribution is 2.24. The minimum Gasteiger partial charge on any atom is -0.380 e. The molecule has 0 fully saturated rings. The smallest absolute Gasteiger partial charge is 0.255 e. The fraction of sp³-hybridized carbons (Fsp3) is 0.143. The monoisotopic (exact) mass is 347 g/mol. The molecule has 5 heteroatoms. The van der Waals surface area contributed by atoms with Crippen LogP contribution in [0.1, 0.15) is 21.5 Å². The number of carbonyl (C=O) groups is 1. The van der Waals surface area contributed by atoms with Crippen molar-refractivity contribution in [1.82, 2.24) is 4.57 Å². The van der Waals surface area contributed by atoms with Crippen molar-refractivity contribution in [2.75, 3.05) is 10.6 Å². The number of anilines is 2. The van der Waals surface area contributed by atoms with Crippen molar-refractivity contribution in [3.63, 3.8) is 0 Å². The summed E-state index contributed by atoms with van der Waals surface area (Å²) in [6.45, 7) is 2.36. The van der Waals surface area contributed by atoms with Crippen molar-refractivity contribution in [2.24, 2.45) is 7.05 Å². The predicted octanol–water partition coefficient (Wildman–Crippen LogP) is 3.56. The molecule has 0 saturated carbocycles. The molecule has 132 valence electrons. The van der Waals surface area contributed by atoms with Gasteiger partial charge in [-0.25, -0.2) is 0 Å². The molecule has 0 spiro atoms. The molecular weight excluding hydrogens is 326 g/mol. The molecule has 0 aliphatic heterocycles. The maximum Gasteiger partial charge on any atom is 0.255 e. The SMILES string of the molecule is Cc1c(NCc2cccn(C)c2=O)cccc1NC(=O)c1ccccc1. The van der Waals surface area contributed by atoms with Gasteiger partial charge in [0, 0.05) is 42.3 Å². The number of rotatable bonds is 5. The summed E-state index contributed by atoms with van der Waals surface area (Å²) in [6, 6.07) is 18.4. The minimum absolute atomic E-state index is 0.0220. The topological polar surface area (TPSA) is 63.1 Å². The Balaban J connectivity index is 1.76. The Labute approximate surface area is 152 Å². The van der Waals surface area contributed by atoms with Crippen LogP contribution in [-0.2, 0) is 13.6 Å². The number of aromatic nitrogens is 1. The van der Waals surface area contributed by atoms with Crippen molar-refractivity contribution in [3.8, 4) is 0 Å². The van der Waals surface area contributed by atoms with E-state index < -0.39 is 0 Å². The predicted molar refractivity (Wildman–Crippen MR) is 105 cm³/mol. The number of amides is 1. The number of nitrogens with zero attached hydrogens (tertiary/aromatic N) is 1. The number of hydrogen-bond donors (Lipinski definition) is 2. The Morgan fingerprint density at radius 1 is 0.962 bits per heavy atom. The van der Waals surface area contributed by atoms with E-state index in [0.717, 1.165) is 16.9 Å². The molecular formula is C21H21N3O2. The lowest BCUT2D eigenvalue weighted by molar-refractivity contribution is 0.102. The lowest BCUT2D eigenvalue weighted by Crippen LogP contribution is -2.22. The number of carbonyl (C=O) groups excluding carboxylic acids is 1. The van der Waals surface area contributed by atoms with Crippen LogP contribution >= 0.6 is 0 Å². The molecule has 3 aromatic rings. The first-order chi connectivity index (χ1) is 12.6. The Hall–Kier alpha value is -3.34. The number of nitrogens with one attached hydrogen (secondary N) is 2. The lowest BCUT2D eigenvalue weighted by atomic mass is 10.1. The zero-order valence-electron chi connectivity index (χ0n) is 14.8. The van der Waals surface area contributed by atoms with Crippen LogP contribution in [0.2, 0.25) is 0 Å². The van der Waals surface area contributed by atoms with Crippen molar-refractivity contribution in [2.45, 2.75) is 13.5 Å². The van der Waals surface area contributed by atoms with Crippen LogP contribution in [0.3, 0.4) is 0 Å². The normalized spacial score (nSPS) is 10.4. The van der Waals surface area contributed by atoms with Crippen molar-refractivity contribution >= 4 is 17.3 Å².